The molecule has 4 aromatic rings. The highest BCUT2D eigenvalue weighted by molar-refractivity contribution is 6.35. The molecule has 0 unspecified atom stereocenters. The molecule has 0 bridgehead atoms. The molecule has 6 nitrogen and oxygen atoms in total. The first-order valence-corrected chi connectivity index (χ1v) is 9.12. The largest absolute Gasteiger partial charge is 0.264 e. The monoisotopic (exact) mass is 408 g/mol. The lowest BCUT2D eigenvalue weighted by Gasteiger charge is -2.02. The van der Waals surface area contributed by atoms with Gasteiger partial charge >= 0.3 is 0 Å². The second kappa shape index (κ2) is 8.21. The van der Waals surface area contributed by atoms with Gasteiger partial charge < -0.3 is 0 Å². The molecule has 0 aliphatic carbocycles. The Morgan fingerprint density at radius 3 is 2.64 bits per heavy atom. The van der Waals surface area contributed by atoms with Gasteiger partial charge in [0.25, 0.3) is 0 Å². The molecule has 0 aliphatic rings. The third-order valence-corrected chi connectivity index (χ3v) is 4.37. The average Bonchev–Trinajstić information content (AvgIpc) is 3.15. The Hall–Kier alpha value is -3.22. The third-order valence-electron chi connectivity index (χ3n) is 3.88. The molecular weight excluding hydrogens is 395 g/mol. The summed E-state index contributed by atoms with van der Waals surface area (Å²) in [6, 6.07) is 15.3. The minimum atomic E-state index is 0.386. The molecule has 0 saturated carbocycles. The Kier molecular flexibility index (Phi) is 5.32. The Labute approximate surface area is 171 Å². The minimum Gasteiger partial charge on any atom is -0.264 e. The molecule has 1 N–H and O–H groups in total. The van der Waals surface area contributed by atoms with Crippen LogP contribution in [-0.2, 0) is 0 Å². The van der Waals surface area contributed by atoms with E-state index in [9.17, 15) is 0 Å². The topological polar surface area (TPSA) is 68.0 Å². The molecule has 138 valence electrons. The molecule has 0 amide bonds. The van der Waals surface area contributed by atoms with Crippen LogP contribution in [0.5, 0.6) is 0 Å². The predicted octanol–water partition coefficient (Wildman–Crippen LogP) is 5.08. The first kappa shape index (κ1) is 18.2. The van der Waals surface area contributed by atoms with Gasteiger partial charge in [-0.3, -0.25) is 10.4 Å². The van der Waals surface area contributed by atoms with E-state index in [1.807, 2.05) is 48.7 Å². The van der Waals surface area contributed by atoms with Crippen molar-refractivity contribution in [1.82, 2.24) is 19.7 Å². The first-order chi connectivity index (χ1) is 13.7. The number of benzene rings is 1. The van der Waals surface area contributed by atoms with E-state index in [1.165, 1.54) is 6.20 Å². The van der Waals surface area contributed by atoms with E-state index in [1.54, 1.807) is 29.4 Å². The summed E-state index contributed by atoms with van der Waals surface area (Å²) < 4.78 is 1.80. The molecule has 3 heterocycles. The lowest BCUT2D eigenvalue weighted by Crippen LogP contribution is -1.94. The van der Waals surface area contributed by atoms with E-state index in [-0.39, 0.29) is 0 Å². The number of anilines is 1. The second-order valence-corrected chi connectivity index (χ2v) is 6.65. The number of nitrogens with one attached hydrogen (secondary N) is 1. The maximum Gasteiger partial charge on any atom is 0.165 e. The molecule has 1 aromatic carbocycles. The molecule has 28 heavy (non-hydrogen) atoms. The molecule has 0 fully saturated rings. The number of hydrazone groups is 1. The summed E-state index contributed by atoms with van der Waals surface area (Å²) in [6.07, 6.45) is 8.56. The van der Waals surface area contributed by atoms with Gasteiger partial charge in [0.2, 0.25) is 0 Å². The van der Waals surface area contributed by atoms with E-state index < -0.39 is 0 Å². The summed E-state index contributed by atoms with van der Waals surface area (Å²) in [6.45, 7) is 0. The number of nitrogens with zero attached hydrogens (tertiary/aromatic N) is 5. The van der Waals surface area contributed by atoms with Crippen LogP contribution in [0.1, 0.15) is 5.56 Å². The maximum absolute atomic E-state index is 6.11. The zero-order valence-corrected chi connectivity index (χ0v) is 16.0. The molecule has 0 radical (unpaired) electrons. The van der Waals surface area contributed by atoms with Gasteiger partial charge in [-0.1, -0.05) is 41.4 Å². The average molecular weight is 409 g/mol. The predicted molar refractivity (Wildman–Crippen MR) is 112 cm³/mol. The number of rotatable bonds is 5. The SMILES string of the molecule is Clc1cnc(N/N=C/c2cn(-c3ccccc3)nc2-c2cccnc2)c(Cl)c1. The Balaban J connectivity index is 1.67. The van der Waals surface area contributed by atoms with Crippen molar-refractivity contribution in [1.29, 1.82) is 0 Å². The van der Waals surface area contributed by atoms with Gasteiger partial charge in [0, 0.05) is 35.9 Å². The molecule has 0 saturated heterocycles. The van der Waals surface area contributed by atoms with E-state index >= 15 is 0 Å². The summed E-state index contributed by atoms with van der Waals surface area (Å²) in [5.41, 5.74) is 6.24. The lowest BCUT2D eigenvalue weighted by molar-refractivity contribution is 0.884. The number of halogens is 2. The van der Waals surface area contributed by atoms with Crippen LogP contribution in [0.15, 0.2) is 78.4 Å². The van der Waals surface area contributed by atoms with E-state index in [4.69, 9.17) is 28.3 Å². The fraction of sp³-hybridized carbons (Fsp3) is 0. The van der Waals surface area contributed by atoms with Crippen LogP contribution in [0.3, 0.4) is 0 Å². The van der Waals surface area contributed by atoms with Crippen LogP contribution >= 0.6 is 23.2 Å². The lowest BCUT2D eigenvalue weighted by atomic mass is 10.1. The fourth-order valence-electron chi connectivity index (χ4n) is 2.58. The number of para-hydroxylation sites is 1. The molecule has 4 rings (SSSR count). The summed E-state index contributed by atoms with van der Waals surface area (Å²) >= 11 is 12.0. The smallest absolute Gasteiger partial charge is 0.165 e. The first-order valence-electron chi connectivity index (χ1n) is 8.36. The molecule has 3 aromatic heterocycles. The summed E-state index contributed by atoms with van der Waals surface area (Å²) in [5, 5.41) is 9.81. The number of hydrogen-bond donors (Lipinski definition) is 1. The quantitative estimate of drug-likeness (QED) is 0.369. The van der Waals surface area contributed by atoms with Gasteiger partial charge in [-0.15, -0.1) is 0 Å². The van der Waals surface area contributed by atoms with Gasteiger partial charge in [0.15, 0.2) is 5.82 Å². The molecular formula is C20H14Cl2N6. The number of hydrogen-bond acceptors (Lipinski definition) is 5. The Bertz CT molecular complexity index is 1110. The third kappa shape index (κ3) is 4.03. The highest BCUT2D eigenvalue weighted by Crippen LogP contribution is 2.24. The highest BCUT2D eigenvalue weighted by Gasteiger charge is 2.11. The van der Waals surface area contributed by atoms with Crippen molar-refractivity contribution in [2.75, 3.05) is 5.43 Å². The number of aromatic nitrogens is 4. The van der Waals surface area contributed by atoms with Gasteiger partial charge in [-0.05, 0) is 30.3 Å². The van der Waals surface area contributed by atoms with Crippen molar-refractivity contribution in [2.24, 2.45) is 5.10 Å². The molecule has 8 heteroatoms. The van der Waals surface area contributed by atoms with Crippen molar-refractivity contribution in [2.45, 2.75) is 0 Å². The van der Waals surface area contributed by atoms with Gasteiger partial charge in [-0.25, -0.2) is 9.67 Å². The second-order valence-electron chi connectivity index (χ2n) is 5.81. The van der Waals surface area contributed by atoms with Crippen LogP contribution in [0.4, 0.5) is 5.82 Å². The summed E-state index contributed by atoms with van der Waals surface area (Å²) in [4.78, 5) is 8.31. The van der Waals surface area contributed by atoms with E-state index in [0.29, 0.717) is 15.9 Å². The van der Waals surface area contributed by atoms with Crippen LogP contribution in [0.2, 0.25) is 10.0 Å². The zero-order chi connectivity index (χ0) is 19.3. The van der Waals surface area contributed by atoms with Crippen molar-refractivity contribution in [3.05, 3.63) is 88.9 Å². The van der Waals surface area contributed by atoms with Crippen LogP contribution in [0, 0.1) is 0 Å². The minimum absolute atomic E-state index is 0.386. The van der Waals surface area contributed by atoms with Crippen LogP contribution in [0.25, 0.3) is 16.9 Å². The van der Waals surface area contributed by atoms with E-state index in [0.717, 1.165) is 22.5 Å². The molecule has 0 atom stereocenters. The fourth-order valence-corrected chi connectivity index (χ4v) is 3.00. The van der Waals surface area contributed by atoms with Crippen LogP contribution in [-0.4, -0.2) is 26.0 Å². The maximum atomic E-state index is 6.11. The van der Waals surface area contributed by atoms with Gasteiger partial charge in [0.1, 0.15) is 5.69 Å². The molecule has 0 aliphatic heterocycles. The molecule has 0 spiro atoms. The van der Waals surface area contributed by atoms with Crippen LogP contribution < -0.4 is 5.43 Å². The Morgan fingerprint density at radius 1 is 1.04 bits per heavy atom. The van der Waals surface area contributed by atoms with E-state index in [2.05, 4.69) is 20.5 Å². The van der Waals surface area contributed by atoms with Crippen molar-refractivity contribution in [3.63, 3.8) is 0 Å². The van der Waals surface area contributed by atoms with Crippen molar-refractivity contribution in [3.8, 4) is 16.9 Å². The summed E-state index contributed by atoms with van der Waals surface area (Å²) in [7, 11) is 0. The van der Waals surface area contributed by atoms with Gasteiger partial charge in [-0.2, -0.15) is 10.2 Å². The van der Waals surface area contributed by atoms with Gasteiger partial charge in [0.05, 0.1) is 21.9 Å². The summed E-state index contributed by atoms with van der Waals surface area (Å²) in [5.74, 6) is 0.417. The Morgan fingerprint density at radius 2 is 1.89 bits per heavy atom. The number of pyridine rings is 2. The standard InChI is InChI=1S/C20H14Cl2N6/c21-16-9-18(22)20(24-12-16)26-25-11-15-13-28(17-6-2-1-3-7-17)27-19(15)14-5-4-8-23-10-14/h1-13H,(H,24,26)/b25-11+. The van der Waals surface area contributed by atoms with Crippen molar-refractivity contribution < 1.29 is 0 Å². The van der Waals surface area contributed by atoms with Crippen molar-refractivity contribution >= 4 is 35.2 Å². The highest BCUT2D eigenvalue weighted by atomic mass is 35.5. The zero-order valence-electron chi connectivity index (χ0n) is 14.5. The normalized spacial score (nSPS) is 11.1.